The molecule has 0 saturated carbocycles. The van der Waals surface area contributed by atoms with Crippen LogP contribution in [0.2, 0.25) is 5.02 Å². The van der Waals surface area contributed by atoms with Crippen molar-refractivity contribution in [3.8, 4) is 11.3 Å². The van der Waals surface area contributed by atoms with Crippen molar-refractivity contribution >= 4 is 29.1 Å². The van der Waals surface area contributed by atoms with E-state index in [1.807, 2.05) is 0 Å². The standard InChI is InChI=1S/C27H23ClF5N5O3/c1-13(2)23-24(39)21(26(41)38(37(23)3)11-14-5-4-6-17(29)22(14)30)25(40)36-18-8-7-15(28)9-16(18)19-10-20(27(31,32)33)35-12-34-19/h4-10,12-13,23,39H,11H2,1-3H3,(H,36,40)/t23-/m1/s1. The zero-order valence-electron chi connectivity index (χ0n) is 21.8. The van der Waals surface area contributed by atoms with Gasteiger partial charge in [-0.3, -0.25) is 14.6 Å². The van der Waals surface area contributed by atoms with Crippen LogP contribution in [0.4, 0.5) is 27.6 Å². The summed E-state index contributed by atoms with van der Waals surface area (Å²) < 4.78 is 68.1. The number of aromatic nitrogens is 2. The molecular weight excluding hydrogens is 573 g/mol. The number of hydrogen-bond acceptors (Lipinski definition) is 6. The Balaban J connectivity index is 1.74. The summed E-state index contributed by atoms with van der Waals surface area (Å²) in [6.07, 6.45) is -4.07. The van der Waals surface area contributed by atoms with Crippen molar-refractivity contribution < 1.29 is 36.6 Å². The predicted molar refractivity (Wildman–Crippen MR) is 139 cm³/mol. The zero-order chi connectivity index (χ0) is 30.2. The van der Waals surface area contributed by atoms with Crippen molar-refractivity contribution in [3.63, 3.8) is 0 Å². The number of aliphatic hydroxyl groups excluding tert-OH is 1. The van der Waals surface area contributed by atoms with Gasteiger partial charge in [0.25, 0.3) is 11.8 Å². The van der Waals surface area contributed by atoms with Crippen molar-refractivity contribution in [2.75, 3.05) is 12.4 Å². The van der Waals surface area contributed by atoms with E-state index >= 15 is 0 Å². The molecule has 2 heterocycles. The van der Waals surface area contributed by atoms with E-state index in [0.29, 0.717) is 12.4 Å². The number of rotatable bonds is 6. The second-order valence-electron chi connectivity index (χ2n) is 9.53. The number of benzene rings is 2. The molecule has 41 heavy (non-hydrogen) atoms. The van der Waals surface area contributed by atoms with Crippen molar-refractivity contribution in [2.45, 2.75) is 32.6 Å². The normalized spacial score (nSPS) is 16.5. The Bertz CT molecular complexity index is 1550. The van der Waals surface area contributed by atoms with E-state index in [9.17, 15) is 36.6 Å². The lowest BCUT2D eigenvalue weighted by molar-refractivity contribution is -0.155. The molecule has 2 aromatic carbocycles. The Morgan fingerprint density at radius 2 is 1.85 bits per heavy atom. The number of alkyl halides is 3. The van der Waals surface area contributed by atoms with Crippen molar-refractivity contribution in [3.05, 3.63) is 88.0 Å². The minimum absolute atomic E-state index is 0.0155. The molecule has 0 unspecified atom stereocenters. The fraction of sp³-hybridized carbons (Fsp3) is 0.259. The molecule has 0 spiro atoms. The molecule has 3 aromatic rings. The first-order chi connectivity index (χ1) is 19.2. The van der Waals surface area contributed by atoms with Crippen molar-refractivity contribution in [1.82, 2.24) is 20.0 Å². The molecule has 0 radical (unpaired) electrons. The smallest absolute Gasteiger partial charge is 0.433 e. The first-order valence-corrected chi connectivity index (χ1v) is 12.5. The highest BCUT2D eigenvalue weighted by Crippen LogP contribution is 2.35. The van der Waals surface area contributed by atoms with Crippen LogP contribution in [0.15, 0.2) is 60.1 Å². The topological polar surface area (TPSA) is 98.7 Å². The minimum Gasteiger partial charge on any atom is -0.510 e. The molecule has 216 valence electrons. The number of nitrogens with one attached hydrogen (secondary N) is 1. The highest BCUT2D eigenvalue weighted by atomic mass is 35.5. The molecule has 4 rings (SSSR count). The Morgan fingerprint density at radius 3 is 2.51 bits per heavy atom. The quantitative estimate of drug-likeness (QED) is 0.278. The van der Waals surface area contributed by atoms with Gasteiger partial charge in [0.1, 0.15) is 23.4 Å². The zero-order valence-corrected chi connectivity index (χ0v) is 22.6. The summed E-state index contributed by atoms with van der Waals surface area (Å²) >= 11 is 6.07. The molecule has 0 fully saturated rings. The number of likely N-dealkylation sites (N-methyl/N-ethyl adjacent to an activating group) is 1. The van der Waals surface area contributed by atoms with Gasteiger partial charge in [-0.2, -0.15) is 13.2 Å². The summed E-state index contributed by atoms with van der Waals surface area (Å²) in [5, 5.41) is 15.9. The number of anilines is 1. The molecule has 1 aromatic heterocycles. The number of amides is 2. The summed E-state index contributed by atoms with van der Waals surface area (Å²) in [7, 11) is 1.45. The number of hydrazine groups is 1. The van der Waals surface area contributed by atoms with Gasteiger partial charge in [0.2, 0.25) is 0 Å². The van der Waals surface area contributed by atoms with Gasteiger partial charge in [-0.15, -0.1) is 0 Å². The number of aliphatic hydroxyl groups is 1. The van der Waals surface area contributed by atoms with Gasteiger partial charge in [-0.1, -0.05) is 37.6 Å². The summed E-state index contributed by atoms with van der Waals surface area (Å²) in [5.41, 5.74) is -2.39. The third-order valence-electron chi connectivity index (χ3n) is 6.44. The van der Waals surface area contributed by atoms with Crippen LogP contribution < -0.4 is 5.32 Å². The molecule has 1 atom stereocenters. The lowest BCUT2D eigenvalue weighted by atomic mass is 9.95. The predicted octanol–water partition coefficient (Wildman–Crippen LogP) is 5.76. The van der Waals surface area contributed by atoms with Gasteiger partial charge in [-0.05, 0) is 36.2 Å². The maximum absolute atomic E-state index is 14.5. The van der Waals surface area contributed by atoms with Crippen LogP contribution >= 0.6 is 11.6 Å². The maximum atomic E-state index is 14.5. The molecule has 2 N–H and O–H groups in total. The fourth-order valence-electron chi connectivity index (χ4n) is 4.51. The average Bonchev–Trinajstić information content (AvgIpc) is 2.89. The Kier molecular flexibility index (Phi) is 8.31. The number of carbonyl (C=O) groups excluding carboxylic acids is 2. The summed E-state index contributed by atoms with van der Waals surface area (Å²) in [4.78, 5) is 34.1. The molecule has 1 aliphatic heterocycles. The van der Waals surface area contributed by atoms with Gasteiger partial charge >= 0.3 is 6.18 Å². The summed E-state index contributed by atoms with van der Waals surface area (Å²) in [6.45, 7) is 2.97. The molecule has 14 heteroatoms. The second kappa shape index (κ2) is 11.4. The number of hydrogen-bond donors (Lipinski definition) is 2. The van der Waals surface area contributed by atoms with E-state index in [2.05, 4.69) is 15.3 Å². The van der Waals surface area contributed by atoms with Crippen LogP contribution in [0.1, 0.15) is 25.1 Å². The van der Waals surface area contributed by atoms with E-state index in [-0.39, 0.29) is 33.4 Å². The maximum Gasteiger partial charge on any atom is 0.433 e. The molecular formula is C27H23ClF5N5O3. The summed E-state index contributed by atoms with van der Waals surface area (Å²) in [5.74, 6) is -5.33. The third kappa shape index (κ3) is 6.00. The highest BCUT2D eigenvalue weighted by Gasteiger charge is 2.43. The van der Waals surface area contributed by atoms with Crippen molar-refractivity contribution in [2.24, 2.45) is 5.92 Å². The first-order valence-electron chi connectivity index (χ1n) is 12.1. The molecule has 8 nitrogen and oxygen atoms in total. The Morgan fingerprint density at radius 1 is 1.15 bits per heavy atom. The van der Waals surface area contributed by atoms with E-state index in [1.54, 1.807) is 13.8 Å². The van der Waals surface area contributed by atoms with Crippen LogP contribution in [-0.2, 0) is 22.3 Å². The van der Waals surface area contributed by atoms with E-state index in [0.717, 1.165) is 11.1 Å². The van der Waals surface area contributed by atoms with Crippen LogP contribution in [0.3, 0.4) is 0 Å². The van der Waals surface area contributed by atoms with Gasteiger partial charge in [0.05, 0.1) is 24.0 Å². The van der Waals surface area contributed by atoms with Crippen molar-refractivity contribution in [1.29, 1.82) is 0 Å². The Hall–Kier alpha value is -4.10. The summed E-state index contributed by atoms with van der Waals surface area (Å²) in [6, 6.07) is 7.13. The van der Waals surface area contributed by atoms with Crippen LogP contribution in [-0.4, -0.2) is 50.0 Å². The largest absolute Gasteiger partial charge is 0.510 e. The van der Waals surface area contributed by atoms with Gasteiger partial charge in [0, 0.05) is 23.2 Å². The van der Waals surface area contributed by atoms with Crippen LogP contribution in [0.25, 0.3) is 11.3 Å². The number of carbonyl (C=O) groups is 2. The van der Waals surface area contributed by atoms with E-state index < -0.39 is 59.2 Å². The lowest BCUT2D eigenvalue weighted by Gasteiger charge is -2.43. The van der Waals surface area contributed by atoms with Crippen LogP contribution in [0.5, 0.6) is 0 Å². The Labute approximate surface area is 236 Å². The second-order valence-corrected chi connectivity index (χ2v) is 9.97. The van der Waals surface area contributed by atoms with Gasteiger partial charge in [-0.25, -0.2) is 23.8 Å². The fourth-order valence-corrected chi connectivity index (χ4v) is 4.69. The number of halogens is 6. The third-order valence-corrected chi connectivity index (χ3v) is 6.68. The average molecular weight is 596 g/mol. The van der Waals surface area contributed by atoms with E-state index in [4.69, 9.17) is 11.6 Å². The lowest BCUT2D eigenvalue weighted by Crippen LogP contribution is -2.57. The molecule has 2 amide bonds. The van der Waals surface area contributed by atoms with E-state index in [1.165, 1.54) is 42.4 Å². The molecule has 0 saturated heterocycles. The first kappa shape index (κ1) is 29.9. The SMILES string of the molecule is CC(C)[C@@H]1C(O)=C(C(=O)Nc2ccc(Cl)cc2-c2cc(C(F)(F)F)ncn2)C(=O)N(Cc2cccc(F)c2F)N1C. The van der Waals surface area contributed by atoms with Gasteiger partial charge in [0.15, 0.2) is 11.6 Å². The minimum atomic E-state index is -4.77. The van der Waals surface area contributed by atoms with Crippen LogP contribution in [0, 0.1) is 17.6 Å². The molecule has 0 bridgehead atoms. The van der Waals surface area contributed by atoms with Gasteiger partial charge < -0.3 is 10.4 Å². The molecule has 0 aliphatic carbocycles. The molecule has 1 aliphatic rings. The monoisotopic (exact) mass is 595 g/mol. The number of nitrogens with zero attached hydrogens (tertiary/aromatic N) is 4. The highest BCUT2D eigenvalue weighted by molar-refractivity contribution is 6.31.